The molecule has 0 saturated heterocycles. The van der Waals surface area contributed by atoms with E-state index < -0.39 is 0 Å². The summed E-state index contributed by atoms with van der Waals surface area (Å²) >= 11 is 3.36. The molecule has 0 unspecified atom stereocenters. The summed E-state index contributed by atoms with van der Waals surface area (Å²) in [5, 5.41) is 8.86. The van der Waals surface area contributed by atoms with Crippen LogP contribution in [0.5, 0.6) is 0 Å². The first kappa shape index (κ1) is 9.33. The third-order valence-electron chi connectivity index (χ3n) is 1.62. The maximum absolute atomic E-state index is 8.86. The van der Waals surface area contributed by atoms with Gasteiger partial charge in [-0.15, -0.1) is 0 Å². The Balaban J connectivity index is 2.53. The van der Waals surface area contributed by atoms with Crippen molar-refractivity contribution in [3.8, 4) is 0 Å². The lowest BCUT2D eigenvalue weighted by Crippen LogP contribution is -1.86. The molecule has 0 heterocycles. The van der Waals surface area contributed by atoms with E-state index in [9.17, 15) is 0 Å². The lowest BCUT2D eigenvalue weighted by molar-refractivity contribution is 0.391. The summed E-state index contributed by atoms with van der Waals surface area (Å²) in [6, 6.07) is 8.06. The number of aliphatic hydroxyl groups is 1. The highest BCUT2D eigenvalue weighted by molar-refractivity contribution is 9.10. The van der Waals surface area contributed by atoms with Crippen molar-refractivity contribution in [2.24, 2.45) is 0 Å². The van der Waals surface area contributed by atoms with Crippen LogP contribution in [0.4, 0.5) is 0 Å². The topological polar surface area (TPSA) is 20.2 Å². The lowest BCUT2D eigenvalue weighted by atomic mass is 10.1. The number of hydrogen-bond acceptors (Lipinski definition) is 1. The van der Waals surface area contributed by atoms with E-state index in [0.29, 0.717) is 6.42 Å². The zero-order valence-corrected chi connectivity index (χ0v) is 8.34. The number of benzene rings is 1. The Bertz CT molecular complexity index is 264. The van der Waals surface area contributed by atoms with Gasteiger partial charge in [-0.2, -0.15) is 0 Å². The van der Waals surface area contributed by atoms with Gasteiger partial charge in [-0.1, -0.05) is 34.6 Å². The largest absolute Gasteiger partial charge is 0.513 e. The van der Waals surface area contributed by atoms with Crippen molar-refractivity contribution in [3.63, 3.8) is 0 Å². The zero-order chi connectivity index (χ0) is 8.97. The van der Waals surface area contributed by atoms with Gasteiger partial charge in [-0.25, -0.2) is 0 Å². The molecule has 0 aromatic heterocycles. The molecule has 12 heavy (non-hydrogen) atoms. The van der Waals surface area contributed by atoms with Crippen LogP contribution in [0.3, 0.4) is 0 Å². The van der Waals surface area contributed by atoms with Crippen LogP contribution < -0.4 is 0 Å². The maximum atomic E-state index is 8.86. The molecule has 0 bridgehead atoms. The second-order valence-electron chi connectivity index (χ2n) is 2.69. The van der Waals surface area contributed by atoms with E-state index in [1.807, 2.05) is 24.3 Å². The van der Waals surface area contributed by atoms with Crippen molar-refractivity contribution in [2.45, 2.75) is 12.8 Å². The quantitative estimate of drug-likeness (QED) is 0.784. The highest BCUT2D eigenvalue weighted by Gasteiger charge is 1.94. The van der Waals surface area contributed by atoms with Crippen molar-refractivity contribution in [2.75, 3.05) is 0 Å². The Hall–Kier alpha value is -0.760. The SMILES string of the molecule is C=C(O)CCc1ccc(Br)cc1. The van der Waals surface area contributed by atoms with Gasteiger partial charge in [0.15, 0.2) is 0 Å². The molecule has 1 aromatic carbocycles. The van der Waals surface area contributed by atoms with E-state index in [1.54, 1.807) is 0 Å². The summed E-state index contributed by atoms with van der Waals surface area (Å²) in [6.45, 7) is 3.43. The van der Waals surface area contributed by atoms with Crippen LogP contribution in [0.1, 0.15) is 12.0 Å². The number of aryl methyl sites for hydroxylation is 1. The third-order valence-corrected chi connectivity index (χ3v) is 2.14. The fourth-order valence-corrected chi connectivity index (χ4v) is 1.20. The van der Waals surface area contributed by atoms with Gasteiger partial charge < -0.3 is 5.11 Å². The first-order chi connectivity index (χ1) is 5.68. The van der Waals surface area contributed by atoms with Crippen LogP contribution in [0.25, 0.3) is 0 Å². The highest BCUT2D eigenvalue weighted by Crippen LogP contribution is 2.12. The van der Waals surface area contributed by atoms with Crippen molar-refractivity contribution >= 4 is 15.9 Å². The van der Waals surface area contributed by atoms with Gasteiger partial charge in [0.2, 0.25) is 0 Å². The fraction of sp³-hybridized carbons (Fsp3) is 0.200. The molecule has 0 aliphatic carbocycles. The maximum Gasteiger partial charge on any atom is 0.0854 e. The summed E-state index contributed by atoms with van der Waals surface area (Å²) < 4.78 is 1.08. The molecule has 0 radical (unpaired) electrons. The molecule has 0 amide bonds. The van der Waals surface area contributed by atoms with Gasteiger partial charge in [-0.05, 0) is 24.1 Å². The second kappa shape index (κ2) is 4.31. The van der Waals surface area contributed by atoms with E-state index >= 15 is 0 Å². The monoisotopic (exact) mass is 226 g/mol. The molecular weight excluding hydrogens is 216 g/mol. The minimum atomic E-state index is 0.248. The van der Waals surface area contributed by atoms with Gasteiger partial charge in [0.1, 0.15) is 0 Å². The molecule has 0 saturated carbocycles. The average molecular weight is 227 g/mol. The minimum absolute atomic E-state index is 0.248. The van der Waals surface area contributed by atoms with Crippen molar-refractivity contribution in [1.29, 1.82) is 0 Å². The molecule has 1 nitrogen and oxygen atoms in total. The lowest BCUT2D eigenvalue weighted by Gasteiger charge is -1.99. The molecule has 0 fully saturated rings. The van der Waals surface area contributed by atoms with E-state index in [0.717, 1.165) is 10.9 Å². The van der Waals surface area contributed by atoms with E-state index in [4.69, 9.17) is 5.11 Å². The minimum Gasteiger partial charge on any atom is -0.513 e. The Labute approximate surface area is 80.9 Å². The van der Waals surface area contributed by atoms with Crippen molar-refractivity contribution in [3.05, 3.63) is 46.6 Å². The Kier molecular flexibility index (Phi) is 3.35. The summed E-state index contributed by atoms with van der Waals surface area (Å²) in [7, 11) is 0. The number of aliphatic hydroxyl groups excluding tert-OH is 1. The van der Waals surface area contributed by atoms with Gasteiger partial charge in [0, 0.05) is 10.9 Å². The summed E-state index contributed by atoms with van der Waals surface area (Å²) in [6.07, 6.45) is 1.49. The molecule has 0 aliphatic heterocycles. The van der Waals surface area contributed by atoms with Crippen LogP contribution in [0.15, 0.2) is 41.1 Å². The standard InChI is InChI=1S/C10H11BrO/c1-8(12)2-3-9-4-6-10(11)7-5-9/h4-7,12H,1-3H2. The molecule has 0 spiro atoms. The van der Waals surface area contributed by atoms with Crippen molar-refractivity contribution < 1.29 is 5.11 Å². The normalized spacial score (nSPS) is 9.75. The van der Waals surface area contributed by atoms with E-state index in [1.165, 1.54) is 5.56 Å². The summed E-state index contributed by atoms with van der Waals surface area (Å²) in [4.78, 5) is 0. The Morgan fingerprint density at radius 1 is 1.33 bits per heavy atom. The van der Waals surface area contributed by atoms with Crippen LogP contribution in [-0.4, -0.2) is 5.11 Å². The second-order valence-corrected chi connectivity index (χ2v) is 3.61. The van der Waals surface area contributed by atoms with Crippen LogP contribution in [0.2, 0.25) is 0 Å². The summed E-state index contributed by atoms with van der Waals surface area (Å²) in [5.74, 6) is 0.248. The first-order valence-corrected chi connectivity index (χ1v) is 4.59. The average Bonchev–Trinajstić information content (AvgIpc) is 2.03. The Morgan fingerprint density at radius 3 is 2.42 bits per heavy atom. The molecule has 0 atom stereocenters. The molecule has 1 N–H and O–H groups in total. The number of rotatable bonds is 3. The van der Waals surface area contributed by atoms with Crippen molar-refractivity contribution in [1.82, 2.24) is 0 Å². The van der Waals surface area contributed by atoms with E-state index in [2.05, 4.69) is 22.5 Å². The van der Waals surface area contributed by atoms with Gasteiger partial charge >= 0.3 is 0 Å². The van der Waals surface area contributed by atoms with Crippen LogP contribution in [0, 0.1) is 0 Å². The first-order valence-electron chi connectivity index (χ1n) is 3.79. The van der Waals surface area contributed by atoms with E-state index in [-0.39, 0.29) is 5.76 Å². The predicted molar refractivity (Wildman–Crippen MR) is 54.2 cm³/mol. The molecule has 64 valence electrons. The Morgan fingerprint density at radius 2 is 1.92 bits per heavy atom. The number of halogens is 1. The number of allylic oxidation sites excluding steroid dienone is 1. The molecule has 0 aliphatic rings. The fourth-order valence-electron chi connectivity index (χ4n) is 0.940. The van der Waals surface area contributed by atoms with Crippen LogP contribution >= 0.6 is 15.9 Å². The zero-order valence-electron chi connectivity index (χ0n) is 6.76. The van der Waals surface area contributed by atoms with Gasteiger partial charge in [-0.3, -0.25) is 0 Å². The van der Waals surface area contributed by atoms with Gasteiger partial charge in [0.25, 0.3) is 0 Å². The summed E-state index contributed by atoms with van der Waals surface area (Å²) in [5.41, 5.74) is 1.22. The highest BCUT2D eigenvalue weighted by atomic mass is 79.9. The molecule has 2 heteroatoms. The molecule has 1 rings (SSSR count). The van der Waals surface area contributed by atoms with Crippen LogP contribution in [-0.2, 0) is 6.42 Å². The smallest absolute Gasteiger partial charge is 0.0854 e. The van der Waals surface area contributed by atoms with Gasteiger partial charge in [0.05, 0.1) is 5.76 Å². The number of hydrogen-bond donors (Lipinski definition) is 1. The molecule has 1 aromatic rings. The molecular formula is C10H11BrO. The third kappa shape index (κ3) is 3.09. The predicted octanol–water partition coefficient (Wildman–Crippen LogP) is 3.45.